The van der Waals surface area contributed by atoms with E-state index in [0.29, 0.717) is 23.2 Å². The Morgan fingerprint density at radius 1 is 1.47 bits per heavy atom. The SMILES string of the molecule is O=S1(=O)CCC(C(CCl)Cc2cccc(F)c2Br)C1. The van der Waals surface area contributed by atoms with E-state index in [2.05, 4.69) is 15.9 Å². The number of hydrogen-bond acceptors (Lipinski definition) is 2. The number of benzene rings is 1. The summed E-state index contributed by atoms with van der Waals surface area (Å²) in [5.41, 5.74) is 0.843. The number of halogens is 3. The fourth-order valence-electron chi connectivity index (χ4n) is 2.53. The van der Waals surface area contributed by atoms with Crippen molar-refractivity contribution in [1.29, 1.82) is 0 Å². The molecule has 2 rings (SSSR count). The van der Waals surface area contributed by atoms with Crippen LogP contribution in [0.1, 0.15) is 12.0 Å². The minimum absolute atomic E-state index is 0.0667. The van der Waals surface area contributed by atoms with Gasteiger partial charge in [0.15, 0.2) is 9.84 Å². The number of sulfone groups is 1. The molecule has 1 heterocycles. The standard InChI is InChI=1S/C13H15BrClFO2S/c14-13-9(2-1-3-12(13)16)6-11(7-15)10-4-5-19(17,18)8-10/h1-3,10-11H,4-8H2. The van der Waals surface area contributed by atoms with Gasteiger partial charge in [-0.05, 0) is 52.2 Å². The maximum Gasteiger partial charge on any atom is 0.150 e. The second-order valence-electron chi connectivity index (χ2n) is 4.99. The van der Waals surface area contributed by atoms with Crippen molar-refractivity contribution in [3.63, 3.8) is 0 Å². The highest BCUT2D eigenvalue weighted by Crippen LogP contribution is 2.31. The first-order valence-corrected chi connectivity index (χ1v) is 9.27. The molecular formula is C13H15BrClFO2S. The molecule has 1 aliphatic heterocycles. The summed E-state index contributed by atoms with van der Waals surface area (Å²) < 4.78 is 37.0. The molecule has 0 bridgehead atoms. The minimum atomic E-state index is -2.91. The molecular weight excluding hydrogens is 355 g/mol. The van der Waals surface area contributed by atoms with Crippen LogP contribution < -0.4 is 0 Å². The first kappa shape index (κ1) is 15.3. The van der Waals surface area contributed by atoms with E-state index < -0.39 is 9.84 Å². The van der Waals surface area contributed by atoms with Crippen LogP contribution in [-0.4, -0.2) is 25.8 Å². The van der Waals surface area contributed by atoms with E-state index in [9.17, 15) is 12.8 Å². The van der Waals surface area contributed by atoms with Gasteiger partial charge >= 0.3 is 0 Å². The quantitative estimate of drug-likeness (QED) is 0.762. The van der Waals surface area contributed by atoms with Gasteiger partial charge in [0.25, 0.3) is 0 Å². The monoisotopic (exact) mass is 368 g/mol. The van der Waals surface area contributed by atoms with Crippen LogP contribution in [0.5, 0.6) is 0 Å². The first-order valence-electron chi connectivity index (χ1n) is 6.12. The largest absolute Gasteiger partial charge is 0.229 e. The lowest BCUT2D eigenvalue weighted by Crippen LogP contribution is -2.20. The van der Waals surface area contributed by atoms with E-state index in [-0.39, 0.29) is 29.2 Å². The summed E-state index contributed by atoms with van der Waals surface area (Å²) in [6.07, 6.45) is 1.26. The number of rotatable bonds is 4. The maximum atomic E-state index is 13.5. The van der Waals surface area contributed by atoms with Crippen molar-refractivity contribution in [3.05, 3.63) is 34.1 Å². The van der Waals surface area contributed by atoms with E-state index in [1.54, 1.807) is 6.07 Å². The fraction of sp³-hybridized carbons (Fsp3) is 0.538. The zero-order valence-corrected chi connectivity index (χ0v) is 13.4. The summed E-state index contributed by atoms with van der Waals surface area (Å²) >= 11 is 9.21. The number of hydrogen-bond donors (Lipinski definition) is 0. The molecule has 1 saturated heterocycles. The van der Waals surface area contributed by atoms with Gasteiger partial charge in [-0.15, -0.1) is 11.6 Å². The Hall–Kier alpha value is -0.130. The fourth-order valence-corrected chi connectivity index (χ4v) is 5.24. The third kappa shape index (κ3) is 3.70. The van der Waals surface area contributed by atoms with Gasteiger partial charge in [-0.1, -0.05) is 12.1 Å². The molecule has 0 aromatic heterocycles. The Labute approximate surface area is 126 Å². The van der Waals surface area contributed by atoms with Crippen molar-refractivity contribution in [2.75, 3.05) is 17.4 Å². The van der Waals surface area contributed by atoms with Crippen molar-refractivity contribution in [2.24, 2.45) is 11.8 Å². The molecule has 1 fully saturated rings. The average Bonchev–Trinajstić information content (AvgIpc) is 2.71. The zero-order chi connectivity index (χ0) is 14.0. The number of alkyl halides is 1. The van der Waals surface area contributed by atoms with Crippen molar-refractivity contribution in [3.8, 4) is 0 Å². The first-order chi connectivity index (χ1) is 8.93. The second kappa shape index (κ2) is 6.10. The topological polar surface area (TPSA) is 34.1 Å². The highest BCUT2D eigenvalue weighted by molar-refractivity contribution is 9.10. The van der Waals surface area contributed by atoms with Gasteiger partial charge in [-0.25, -0.2) is 12.8 Å². The molecule has 0 N–H and O–H groups in total. The predicted octanol–water partition coefficient (Wildman–Crippen LogP) is 3.42. The van der Waals surface area contributed by atoms with E-state index >= 15 is 0 Å². The summed E-state index contributed by atoms with van der Waals surface area (Å²) in [6, 6.07) is 4.89. The highest BCUT2D eigenvalue weighted by Gasteiger charge is 2.33. The molecule has 2 nitrogen and oxygen atoms in total. The summed E-state index contributed by atoms with van der Waals surface area (Å²) in [5.74, 6) is 0.690. The van der Waals surface area contributed by atoms with Gasteiger partial charge in [-0.3, -0.25) is 0 Å². The van der Waals surface area contributed by atoms with Gasteiger partial charge in [0.1, 0.15) is 5.82 Å². The van der Waals surface area contributed by atoms with Gasteiger partial charge in [-0.2, -0.15) is 0 Å². The second-order valence-corrected chi connectivity index (χ2v) is 8.32. The van der Waals surface area contributed by atoms with Crippen LogP contribution in [0.25, 0.3) is 0 Å². The molecule has 2 atom stereocenters. The molecule has 1 aliphatic rings. The summed E-state index contributed by atoms with van der Waals surface area (Å²) in [4.78, 5) is 0. The molecule has 0 aliphatic carbocycles. The Balaban J connectivity index is 2.14. The van der Waals surface area contributed by atoms with E-state index in [0.717, 1.165) is 5.56 Å². The van der Waals surface area contributed by atoms with Crippen LogP contribution in [0.15, 0.2) is 22.7 Å². The van der Waals surface area contributed by atoms with E-state index in [4.69, 9.17) is 11.6 Å². The summed E-state index contributed by atoms with van der Waals surface area (Å²) in [5, 5.41) is 0. The predicted molar refractivity (Wildman–Crippen MR) is 78.8 cm³/mol. The van der Waals surface area contributed by atoms with Crippen LogP contribution in [0.4, 0.5) is 4.39 Å². The molecule has 6 heteroatoms. The van der Waals surface area contributed by atoms with Crippen LogP contribution >= 0.6 is 27.5 Å². The average molecular weight is 370 g/mol. The van der Waals surface area contributed by atoms with Crippen LogP contribution in [0.2, 0.25) is 0 Å². The lowest BCUT2D eigenvalue weighted by molar-refractivity contribution is 0.396. The Bertz CT molecular complexity index is 562. The Morgan fingerprint density at radius 3 is 2.79 bits per heavy atom. The molecule has 0 saturated carbocycles. The smallest absolute Gasteiger partial charge is 0.150 e. The van der Waals surface area contributed by atoms with Gasteiger partial charge in [0.05, 0.1) is 16.0 Å². The van der Waals surface area contributed by atoms with Crippen molar-refractivity contribution < 1.29 is 12.8 Å². The molecule has 0 spiro atoms. The van der Waals surface area contributed by atoms with Crippen molar-refractivity contribution in [2.45, 2.75) is 12.8 Å². The van der Waals surface area contributed by atoms with Gasteiger partial charge in [0.2, 0.25) is 0 Å². The van der Waals surface area contributed by atoms with Crippen LogP contribution in [-0.2, 0) is 16.3 Å². The molecule has 0 radical (unpaired) electrons. The molecule has 1 aromatic rings. The Morgan fingerprint density at radius 2 is 2.21 bits per heavy atom. The normalized spacial score (nSPS) is 23.4. The van der Waals surface area contributed by atoms with Crippen LogP contribution in [0, 0.1) is 17.7 Å². The van der Waals surface area contributed by atoms with Crippen molar-refractivity contribution >= 4 is 37.4 Å². The molecule has 1 aromatic carbocycles. The zero-order valence-electron chi connectivity index (χ0n) is 10.3. The molecule has 19 heavy (non-hydrogen) atoms. The lowest BCUT2D eigenvalue weighted by Gasteiger charge is -2.20. The van der Waals surface area contributed by atoms with Gasteiger partial charge in [0, 0.05) is 5.88 Å². The maximum absolute atomic E-state index is 13.5. The lowest BCUT2D eigenvalue weighted by atomic mass is 9.88. The third-order valence-electron chi connectivity index (χ3n) is 3.65. The Kier molecular flexibility index (Phi) is 4.90. The van der Waals surface area contributed by atoms with Crippen molar-refractivity contribution in [1.82, 2.24) is 0 Å². The molecule has 0 amide bonds. The van der Waals surface area contributed by atoms with Crippen LogP contribution in [0.3, 0.4) is 0 Å². The van der Waals surface area contributed by atoms with E-state index in [1.165, 1.54) is 6.07 Å². The minimum Gasteiger partial charge on any atom is -0.229 e. The van der Waals surface area contributed by atoms with Gasteiger partial charge < -0.3 is 0 Å². The highest BCUT2D eigenvalue weighted by atomic mass is 79.9. The van der Waals surface area contributed by atoms with E-state index in [1.807, 2.05) is 6.07 Å². The summed E-state index contributed by atoms with van der Waals surface area (Å²) in [6.45, 7) is 0. The third-order valence-corrected chi connectivity index (χ3v) is 6.72. The summed E-state index contributed by atoms with van der Waals surface area (Å²) in [7, 11) is -2.91. The molecule has 2 unspecified atom stereocenters. The molecule has 106 valence electrons.